The summed E-state index contributed by atoms with van der Waals surface area (Å²) in [6, 6.07) is 3.93. The third-order valence-electron chi connectivity index (χ3n) is 6.90. The number of nitrogens with zero attached hydrogens (tertiary/aromatic N) is 2. The van der Waals surface area contributed by atoms with Crippen LogP contribution in [-0.4, -0.2) is 75.5 Å². The average molecular weight is 612 g/mol. The number of hydrazone groups is 1. The molecule has 0 bridgehead atoms. The van der Waals surface area contributed by atoms with Crippen molar-refractivity contribution in [3.8, 4) is 5.75 Å². The molecule has 0 spiro atoms. The molecule has 1 heterocycles. The number of hydrogen-bond donors (Lipinski definition) is 4. The van der Waals surface area contributed by atoms with Crippen molar-refractivity contribution >= 4 is 27.8 Å². The van der Waals surface area contributed by atoms with E-state index in [-0.39, 0.29) is 11.9 Å². The maximum atomic E-state index is 11.2. The number of aliphatic hydroxyl groups is 1. The Kier molecular flexibility index (Phi) is 21.3. The number of likely N-dealkylation sites (tertiary alicyclic amines) is 1. The zero-order valence-electron chi connectivity index (χ0n) is 26.8. The Labute approximate surface area is 255 Å². The summed E-state index contributed by atoms with van der Waals surface area (Å²) in [6.07, 6.45) is 12.7. The van der Waals surface area contributed by atoms with Crippen LogP contribution in [-0.2, 0) is 14.6 Å². The Morgan fingerprint density at radius 3 is 2.29 bits per heavy atom. The van der Waals surface area contributed by atoms with Crippen LogP contribution >= 0.6 is 0 Å². The number of carbonyl (C=O) groups excluding carboxylic acids is 1. The number of anilines is 1. The highest BCUT2D eigenvalue weighted by Gasteiger charge is 2.16. The van der Waals surface area contributed by atoms with Gasteiger partial charge in [0.25, 0.3) is 0 Å². The number of nitrogens with two attached hydrogens (primary N) is 1. The Hall–Kier alpha value is -2.79. The number of nitrogens with one attached hydrogen (secondary N) is 2. The smallest absolute Gasteiger partial charge is 0.209 e. The molecule has 0 aromatic heterocycles. The van der Waals surface area contributed by atoms with E-state index < -0.39 is 9.84 Å². The lowest BCUT2D eigenvalue weighted by Gasteiger charge is -2.25. The van der Waals surface area contributed by atoms with Gasteiger partial charge in [0, 0.05) is 38.4 Å². The lowest BCUT2D eigenvalue weighted by atomic mass is 9.87. The zero-order valence-corrected chi connectivity index (χ0v) is 27.6. The molecule has 0 unspecified atom stereocenters. The van der Waals surface area contributed by atoms with Gasteiger partial charge in [-0.15, -0.1) is 0 Å². The van der Waals surface area contributed by atoms with Crippen LogP contribution in [0.1, 0.15) is 82.8 Å². The molecule has 2 aliphatic rings. The molecule has 11 heteroatoms. The second kappa shape index (κ2) is 22.8. The van der Waals surface area contributed by atoms with Crippen LogP contribution in [0.4, 0.5) is 5.69 Å². The van der Waals surface area contributed by atoms with Gasteiger partial charge in [0.1, 0.15) is 21.4 Å². The zero-order chi connectivity index (χ0) is 32.0. The molecule has 1 amide bonds. The predicted octanol–water partition coefficient (Wildman–Crippen LogP) is 4.75. The van der Waals surface area contributed by atoms with Gasteiger partial charge in [-0.3, -0.25) is 10.2 Å². The molecule has 1 aromatic rings. The minimum absolute atomic E-state index is 0.130. The van der Waals surface area contributed by atoms with E-state index in [2.05, 4.69) is 22.4 Å². The third kappa shape index (κ3) is 17.9. The van der Waals surface area contributed by atoms with Gasteiger partial charge in [-0.2, -0.15) is 5.10 Å². The largest absolute Gasteiger partial charge is 0.493 e. The van der Waals surface area contributed by atoms with Crippen molar-refractivity contribution < 1.29 is 23.1 Å². The van der Waals surface area contributed by atoms with Crippen LogP contribution in [0.5, 0.6) is 5.75 Å². The van der Waals surface area contributed by atoms with E-state index in [1.807, 2.05) is 46.9 Å². The van der Waals surface area contributed by atoms with Crippen molar-refractivity contribution in [2.75, 3.05) is 44.2 Å². The molecule has 42 heavy (non-hydrogen) atoms. The van der Waals surface area contributed by atoms with Gasteiger partial charge < -0.3 is 25.8 Å². The van der Waals surface area contributed by atoms with Crippen LogP contribution in [0, 0.1) is 19.8 Å². The number of hydrogen-bond acceptors (Lipinski definition) is 8. The van der Waals surface area contributed by atoms with Crippen molar-refractivity contribution in [1.29, 1.82) is 0 Å². The number of piperidine rings is 1. The first-order chi connectivity index (χ1) is 20.0. The summed E-state index contributed by atoms with van der Waals surface area (Å²) in [4.78, 5) is 11.8. The fourth-order valence-electron chi connectivity index (χ4n) is 4.52. The van der Waals surface area contributed by atoms with Gasteiger partial charge >= 0.3 is 0 Å². The number of amides is 1. The standard InChI is InChI=1S/C20H33N3O3S.C6H11NO2.C3H7N.C2H6/c1-15-10-11-18(16(2)20(15)26-12-7-13-27(3,24)25)22-23-19(21)14-17-8-5-4-6-9-17;8-5-7-3-1-6(9)2-4-7;1-3-4-2;1-2/h10-11,17,22H,4-9,12-14H2,1-3H3,(H2,21,23);5-6,9H,1-4H2;3-4H,1H2,2H3;1-2H3. The lowest BCUT2D eigenvalue weighted by molar-refractivity contribution is -0.119. The predicted molar refractivity (Wildman–Crippen MR) is 176 cm³/mol. The molecule has 1 aliphatic carbocycles. The number of aryl methyl sites for hydroxylation is 1. The Morgan fingerprint density at radius 2 is 1.76 bits per heavy atom. The highest BCUT2D eigenvalue weighted by molar-refractivity contribution is 7.90. The molecule has 5 N–H and O–H groups in total. The number of carbonyl (C=O) groups is 1. The molecule has 0 radical (unpaired) electrons. The molecular weight excluding hydrogens is 554 g/mol. The summed E-state index contributed by atoms with van der Waals surface area (Å²) >= 11 is 0. The second-order valence-corrected chi connectivity index (χ2v) is 12.8. The summed E-state index contributed by atoms with van der Waals surface area (Å²) in [6.45, 7) is 13.1. The number of aliphatic hydroxyl groups excluding tert-OH is 1. The van der Waals surface area contributed by atoms with Gasteiger partial charge in [0.2, 0.25) is 6.41 Å². The third-order valence-corrected chi connectivity index (χ3v) is 7.93. The van der Waals surface area contributed by atoms with Crippen LogP contribution in [0.3, 0.4) is 0 Å². The molecule has 0 atom stereocenters. The first-order valence-corrected chi connectivity index (χ1v) is 17.2. The number of amidine groups is 1. The fourth-order valence-corrected chi connectivity index (χ4v) is 5.16. The molecule has 1 saturated carbocycles. The molecule has 10 nitrogen and oxygen atoms in total. The summed E-state index contributed by atoms with van der Waals surface area (Å²) in [5.74, 6) is 2.19. The van der Waals surface area contributed by atoms with Crippen molar-refractivity contribution in [2.45, 2.75) is 91.6 Å². The topological polar surface area (TPSA) is 146 Å². The van der Waals surface area contributed by atoms with E-state index >= 15 is 0 Å². The van der Waals surface area contributed by atoms with Crippen LogP contribution in [0.2, 0.25) is 0 Å². The summed E-state index contributed by atoms with van der Waals surface area (Å²) in [7, 11) is -1.15. The quantitative estimate of drug-likeness (QED) is 0.0922. The molecule has 1 aromatic carbocycles. The Morgan fingerprint density at radius 1 is 1.17 bits per heavy atom. The summed E-state index contributed by atoms with van der Waals surface area (Å²) < 4.78 is 28.3. The molecule has 1 saturated heterocycles. The van der Waals surface area contributed by atoms with E-state index in [4.69, 9.17) is 15.6 Å². The minimum atomic E-state index is -2.96. The van der Waals surface area contributed by atoms with Gasteiger partial charge in [0.05, 0.1) is 24.2 Å². The van der Waals surface area contributed by atoms with Gasteiger partial charge in [-0.1, -0.05) is 58.6 Å². The van der Waals surface area contributed by atoms with Crippen LogP contribution in [0.15, 0.2) is 30.0 Å². The molecule has 1 aliphatic heterocycles. The van der Waals surface area contributed by atoms with E-state index in [1.54, 1.807) is 11.1 Å². The highest BCUT2D eigenvalue weighted by atomic mass is 32.2. The molecule has 2 fully saturated rings. The minimum Gasteiger partial charge on any atom is -0.493 e. The lowest BCUT2D eigenvalue weighted by Crippen LogP contribution is -2.34. The first kappa shape index (κ1) is 39.2. The maximum Gasteiger partial charge on any atom is 0.209 e. The number of ether oxygens (including phenoxy) is 1. The normalized spacial score (nSPS) is 15.9. The van der Waals surface area contributed by atoms with Gasteiger partial charge in [0.15, 0.2) is 0 Å². The monoisotopic (exact) mass is 611 g/mol. The summed E-state index contributed by atoms with van der Waals surface area (Å²) in [5.41, 5.74) is 12.0. The van der Waals surface area contributed by atoms with E-state index in [0.29, 0.717) is 37.9 Å². The molecular formula is C31H57N5O5S. The van der Waals surface area contributed by atoms with Crippen molar-refractivity contribution in [1.82, 2.24) is 10.2 Å². The van der Waals surface area contributed by atoms with Gasteiger partial charge in [-0.05, 0) is 56.9 Å². The van der Waals surface area contributed by atoms with Gasteiger partial charge in [-0.25, -0.2) is 8.42 Å². The van der Waals surface area contributed by atoms with Crippen molar-refractivity contribution in [3.05, 3.63) is 36.0 Å². The second-order valence-electron chi connectivity index (χ2n) is 10.5. The SMILES string of the molecule is C=CNC.CC.Cc1ccc(N/N=C(\N)CC2CCCCC2)c(C)c1OCCCS(C)(=O)=O.O=CN1CCC(O)CC1. The average Bonchev–Trinajstić information content (AvgIpc) is 2.98. The Balaban J connectivity index is 0.000000920. The van der Waals surface area contributed by atoms with Crippen molar-refractivity contribution in [2.24, 2.45) is 16.8 Å². The van der Waals surface area contributed by atoms with Crippen molar-refractivity contribution in [3.63, 3.8) is 0 Å². The fraction of sp³-hybridized carbons (Fsp3) is 0.677. The first-order valence-electron chi connectivity index (χ1n) is 15.1. The van der Waals surface area contributed by atoms with E-state index in [1.165, 1.54) is 38.4 Å². The molecule has 242 valence electrons. The number of benzene rings is 1. The van der Waals surface area contributed by atoms with Crippen LogP contribution in [0.25, 0.3) is 0 Å². The maximum absolute atomic E-state index is 11.2. The van der Waals surface area contributed by atoms with E-state index in [0.717, 1.165) is 48.2 Å². The Bertz CT molecular complexity index is 1020. The highest BCUT2D eigenvalue weighted by Crippen LogP contribution is 2.30. The molecule has 3 rings (SSSR count). The van der Waals surface area contributed by atoms with Crippen LogP contribution < -0.4 is 21.2 Å². The number of sulfone groups is 1. The van der Waals surface area contributed by atoms with E-state index in [9.17, 15) is 13.2 Å². The number of rotatable bonds is 11. The summed E-state index contributed by atoms with van der Waals surface area (Å²) in [5, 5.41) is 16.0.